The smallest absolute Gasteiger partial charge is 0.126 e. The molecule has 18 heavy (non-hydrogen) atoms. The maximum atomic E-state index is 13.7. The van der Waals surface area contributed by atoms with Crippen LogP contribution in [-0.4, -0.2) is 13.1 Å². The number of hydrogen-bond donors (Lipinski definition) is 1. The molecule has 102 valence electrons. The molecule has 0 amide bonds. The Morgan fingerprint density at radius 1 is 1.28 bits per heavy atom. The lowest BCUT2D eigenvalue weighted by atomic mass is 9.94. The average Bonchev–Trinajstić information content (AvgIpc) is 2.34. The normalized spacial score (nSPS) is 12.7. The molecule has 0 fully saturated rings. The van der Waals surface area contributed by atoms with Gasteiger partial charge in [0, 0.05) is 4.47 Å². The molecule has 0 aliphatic carbocycles. The summed E-state index contributed by atoms with van der Waals surface area (Å²) in [6, 6.07) is 5.20. The summed E-state index contributed by atoms with van der Waals surface area (Å²) in [7, 11) is 0. The van der Waals surface area contributed by atoms with E-state index in [0.717, 1.165) is 48.8 Å². The Kier molecular flexibility index (Phi) is 7.52. The Hall–Kier alpha value is -0.410. The van der Waals surface area contributed by atoms with Crippen LogP contribution in [0.5, 0.6) is 0 Å². The van der Waals surface area contributed by atoms with Gasteiger partial charge in [0.2, 0.25) is 0 Å². The van der Waals surface area contributed by atoms with Crippen LogP contribution in [0.2, 0.25) is 0 Å². The van der Waals surface area contributed by atoms with Crippen molar-refractivity contribution in [1.82, 2.24) is 5.32 Å². The second-order valence-corrected chi connectivity index (χ2v) is 5.71. The topological polar surface area (TPSA) is 12.0 Å². The fourth-order valence-corrected chi connectivity index (χ4v) is 2.59. The molecular formula is C15H23BrFN. The molecular weight excluding hydrogens is 293 g/mol. The lowest BCUT2D eigenvalue weighted by molar-refractivity contribution is 0.431. The van der Waals surface area contributed by atoms with Crippen LogP contribution < -0.4 is 5.32 Å². The number of rotatable bonds is 8. The minimum atomic E-state index is -0.0882. The maximum Gasteiger partial charge on any atom is 0.126 e. The first-order valence-corrected chi connectivity index (χ1v) is 7.61. The van der Waals surface area contributed by atoms with Gasteiger partial charge in [-0.25, -0.2) is 4.39 Å². The zero-order valence-corrected chi connectivity index (χ0v) is 12.9. The van der Waals surface area contributed by atoms with Crippen LogP contribution in [0.1, 0.15) is 38.7 Å². The van der Waals surface area contributed by atoms with Gasteiger partial charge in [0.05, 0.1) is 0 Å². The molecule has 0 saturated heterocycles. The van der Waals surface area contributed by atoms with Gasteiger partial charge in [-0.05, 0) is 62.0 Å². The third-order valence-electron chi connectivity index (χ3n) is 3.07. The lowest BCUT2D eigenvalue weighted by Crippen LogP contribution is -2.25. The molecule has 0 saturated carbocycles. The van der Waals surface area contributed by atoms with E-state index in [1.54, 1.807) is 12.1 Å². The van der Waals surface area contributed by atoms with Crippen molar-refractivity contribution in [2.75, 3.05) is 13.1 Å². The van der Waals surface area contributed by atoms with E-state index in [0.29, 0.717) is 5.92 Å². The summed E-state index contributed by atoms with van der Waals surface area (Å²) in [5, 5.41) is 3.44. The second-order valence-electron chi connectivity index (χ2n) is 4.80. The molecule has 0 spiro atoms. The summed E-state index contributed by atoms with van der Waals surface area (Å²) >= 11 is 3.41. The molecule has 0 heterocycles. The summed E-state index contributed by atoms with van der Waals surface area (Å²) in [4.78, 5) is 0. The van der Waals surface area contributed by atoms with Crippen molar-refractivity contribution in [3.8, 4) is 0 Å². The van der Waals surface area contributed by atoms with Gasteiger partial charge in [0.1, 0.15) is 5.82 Å². The van der Waals surface area contributed by atoms with Crippen LogP contribution in [0, 0.1) is 11.7 Å². The highest BCUT2D eigenvalue weighted by atomic mass is 79.9. The molecule has 1 unspecified atom stereocenters. The van der Waals surface area contributed by atoms with Crippen LogP contribution in [0.4, 0.5) is 4.39 Å². The summed E-state index contributed by atoms with van der Waals surface area (Å²) in [6.07, 6.45) is 4.25. The third-order valence-corrected chi connectivity index (χ3v) is 3.57. The van der Waals surface area contributed by atoms with Gasteiger partial charge in [-0.3, -0.25) is 0 Å². The zero-order chi connectivity index (χ0) is 13.4. The van der Waals surface area contributed by atoms with Gasteiger partial charge in [0.15, 0.2) is 0 Å². The van der Waals surface area contributed by atoms with E-state index < -0.39 is 0 Å². The van der Waals surface area contributed by atoms with Gasteiger partial charge in [-0.15, -0.1) is 0 Å². The summed E-state index contributed by atoms with van der Waals surface area (Å²) < 4.78 is 14.7. The van der Waals surface area contributed by atoms with Crippen molar-refractivity contribution in [3.63, 3.8) is 0 Å². The Balaban J connectivity index is 2.60. The second kappa shape index (κ2) is 8.65. The van der Waals surface area contributed by atoms with Crippen LogP contribution >= 0.6 is 15.9 Å². The van der Waals surface area contributed by atoms with Crippen molar-refractivity contribution in [3.05, 3.63) is 34.1 Å². The fourth-order valence-electron chi connectivity index (χ4n) is 2.18. The van der Waals surface area contributed by atoms with Crippen LogP contribution in [-0.2, 0) is 6.42 Å². The first-order chi connectivity index (χ1) is 8.67. The van der Waals surface area contributed by atoms with E-state index in [9.17, 15) is 4.39 Å². The summed E-state index contributed by atoms with van der Waals surface area (Å²) in [5.41, 5.74) is 0.820. The molecule has 0 radical (unpaired) electrons. The predicted molar refractivity (Wildman–Crippen MR) is 79.4 cm³/mol. The van der Waals surface area contributed by atoms with Crippen molar-refractivity contribution in [1.29, 1.82) is 0 Å². The van der Waals surface area contributed by atoms with E-state index >= 15 is 0 Å². The molecule has 1 atom stereocenters. The van der Waals surface area contributed by atoms with Gasteiger partial charge >= 0.3 is 0 Å². The molecule has 1 N–H and O–H groups in total. The Bertz CT molecular complexity index is 354. The average molecular weight is 316 g/mol. The first kappa shape index (κ1) is 15.6. The van der Waals surface area contributed by atoms with E-state index in [4.69, 9.17) is 0 Å². The fraction of sp³-hybridized carbons (Fsp3) is 0.600. The molecule has 1 rings (SSSR count). The quantitative estimate of drug-likeness (QED) is 0.694. The number of hydrogen-bond acceptors (Lipinski definition) is 1. The van der Waals surface area contributed by atoms with Gasteiger partial charge in [0.25, 0.3) is 0 Å². The van der Waals surface area contributed by atoms with E-state index in [2.05, 4.69) is 35.1 Å². The Morgan fingerprint density at radius 2 is 2.06 bits per heavy atom. The maximum absolute atomic E-state index is 13.7. The highest BCUT2D eigenvalue weighted by molar-refractivity contribution is 9.10. The highest BCUT2D eigenvalue weighted by Crippen LogP contribution is 2.20. The molecule has 0 aliphatic heterocycles. The minimum absolute atomic E-state index is 0.0882. The van der Waals surface area contributed by atoms with E-state index in [-0.39, 0.29) is 5.82 Å². The molecule has 1 nitrogen and oxygen atoms in total. The molecule has 3 heteroatoms. The summed E-state index contributed by atoms with van der Waals surface area (Å²) in [5.74, 6) is 0.431. The van der Waals surface area contributed by atoms with Crippen molar-refractivity contribution in [2.24, 2.45) is 5.92 Å². The molecule has 0 aromatic heterocycles. The number of halogens is 2. The standard InChI is InChI=1S/C15H23BrFN/c1-3-5-12(11-18-8-4-2)9-13-10-14(16)6-7-15(13)17/h6-7,10,12,18H,3-5,8-9,11H2,1-2H3. The minimum Gasteiger partial charge on any atom is -0.316 e. The van der Waals surface area contributed by atoms with E-state index in [1.165, 1.54) is 0 Å². The lowest BCUT2D eigenvalue weighted by Gasteiger charge is -2.17. The van der Waals surface area contributed by atoms with Gasteiger partial charge in [-0.2, -0.15) is 0 Å². The predicted octanol–water partition coefficient (Wildman–Crippen LogP) is 4.55. The van der Waals surface area contributed by atoms with Crippen LogP contribution in [0.15, 0.2) is 22.7 Å². The molecule has 1 aromatic carbocycles. The van der Waals surface area contributed by atoms with Crippen LogP contribution in [0.25, 0.3) is 0 Å². The molecule has 0 aliphatic rings. The monoisotopic (exact) mass is 315 g/mol. The largest absolute Gasteiger partial charge is 0.316 e. The van der Waals surface area contributed by atoms with Crippen molar-refractivity contribution in [2.45, 2.75) is 39.5 Å². The SMILES string of the molecule is CCCNCC(CCC)Cc1cc(Br)ccc1F. The number of nitrogens with one attached hydrogen (secondary N) is 1. The summed E-state index contributed by atoms with van der Waals surface area (Å²) in [6.45, 7) is 6.37. The number of benzene rings is 1. The zero-order valence-electron chi connectivity index (χ0n) is 11.3. The highest BCUT2D eigenvalue weighted by Gasteiger charge is 2.12. The third kappa shape index (κ3) is 5.49. The van der Waals surface area contributed by atoms with Crippen molar-refractivity contribution < 1.29 is 4.39 Å². The van der Waals surface area contributed by atoms with Gasteiger partial charge < -0.3 is 5.32 Å². The molecule has 0 bridgehead atoms. The van der Waals surface area contributed by atoms with Crippen molar-refractivity contribution >= 4 is 15.9 Å². The molecule has 1 aromatic rings. The van der Waals surface area contributed by atoms with Crippen LogP contribution in [0.3, 0.4) is 0 Å². The van der Waals surface area contributed by atoms with Gasteiger partial charge in [-0.1, -0.05) is 36.2 Å². The van der Waals surface area contributed by atoms with E-state index in [1.807, 2.05) is 6.07 Å². The Morgan fingerprint density at radius 3 is 2.72 bits per heavy atom. The first-order valence-electron chi connectivity index (χ1n) is 6.82. The Labute approximate surface area is 118 Å².